The van der Waals surface area contributed by atoms with Crippen LogP contribution >= 0.6 is 12.2 Å². The van der Waals surface area contributed by atoms with Gasteiger partial charge in [-0.15, -0.1) is 0 Å². The Morgan fingerprint density at radius 2 is 2.19 bits per heavy atom. The third-order valence-electron chi connectivity index (χ3n) is 3.69. The van der Waals surface area contributed by atoms with Crippen molar-refractivity contribution in [3.8, 4) is 0 Å². The zero-order valence-corrected chi connectivity index (χ0v) is 12.9. The van der Waals surface area contributed by atoms with Crippen LogP contribution in [0.1, 0.15) is 30.6 Å². The summed E-state index contributed by atoms with van der Waals surface area (Å²) in [6.07, 6.45) is 0.369. The molecule has 1 amide bonds. The Morgan fingerprint density at radius 3 is 2.76 bits per heavy atom. The van der Waals surface area contributed by atoms with Gasteiger partial charge < -0.3 is 16.2 Å². The van der Waals surface area contributed by atoms with Crippen LogP contribution in [0.3, 0.4) is 0 Å². The van der Waals surface area contributed by atoms with Crippen molar-refractivity contribution < 1.29 is 9.90 Å². The molecule has 1 heterocycles. The number of hydrogen-bond donors (Lipinski definition) is 3. The summed E-state index contributed by atoms with van der Waals surface area (Å²) in [4.78, 5) is 13.6. The van der Waals surface area contributed by atoms with Crippen LogP contribution in [0.25, 0.3) is 0 Å². The molecule has 2 atom stereocenters. The molecule has 1 aromatic carbocycles. The van der Waals surface area contributed by atoms with Gasteiger partial charge in [0, 0.05) is 38.2 Å². The van der Waals surface area contributed by atoms with Crippen molar-refractivity contribution in [1.29, 1.82) is 0 Å². The highest BCUT2D eigenvalue weighted by Gasteiger charge is 2.24. The number of likely N-dealkylation sites (tertiary alicyclic amines) is 1. The lowest BCUT2D eigenvalue weighted by Gasteiger charge is -2.20. The largest absolute Gasteiger partial charge is 0.389 e. The van der Waals surface area contributed by atoms with Gasteiger partial charge in [-0.25, -0.2) is 0 Å². The first-order valence-electron chi connectivity index (χ1n) is 7.03. The summed E-state index contributed by atoms with van der Waals surface area (Å²) < 4.78 is 0. The second-order valence-electron chi connectivity index (χ2n) is 5.45. The number of thiocarbonyl (C=S) groups is 1. The Kier molecular flexibility index (Phi) is 5.27. The number of benzene rings is 1. The number of carbonyl (C=O) groups is 1. The molecule has 21 heavy (non-hydrogen) atoms. The van der Waals surface area contributed by atoms with Gasteiger partial charge in [-0.3, -0.25) is 9.69 Å². The number of nitrogens with zero attached hydrogens (tertiary/aromatic N) is 1. The molecule has 1 aromatic rings. The van der Waals surface area contributed by atoms with Gasteiger partial charge in [0.15, 0.2) is 0 Å². The highest BCUT2D eigenvalue weighted by atomic mass is 32.1. The van der Waals surface area contributed by atoms with Crippen LogP contribution in [-0.2, 0) is 4.79 Å². The molecule has 6 heteroatoms. The van der Waals surface area contributed by atoms with Crippen LogP contribution in [0.4, 0.5) is 0 Å². The summed E-state index contributed by atoms with van der Waals surface area (Å²) in [5, 5.41) is 13.2. The molecule has 0 radical (unpaired) electrons. The molecule has 0 spiro atoms. The van der Waals surface area contributed by atoms with Crippen LogP contribution in [0.15, 0.2) is 24.3 Å². The lowest BCUT2D eigenvalue weighted by atomic mass is 10.1. The monoisotopic (exact) mass is 307 g/mol. The fraction of sp³-hybridized carbons (Fsp3) is 0.467. The van der Waals surface area contributed by atoms with Crippen LogP contribution in [0.5, 0.6) is 0 Å². The molecule has 1 aliphatic heterocycles. The summed E-state index contributed by atoms with van der Waals surface area (Å²) in [5.41, 5.74) is 7.20. The van der Waals surface area contributed by atoms with Crippen molar-refractivity contribution in [2.75, 3.05) is 19.6 Å². The third-order valence-corrected chi connectivity index (χ3v) is 3.93. The molecule has 0 aromatic heterocycles. The summed E-state index contributed by atoms with van der Waals surface area (Å²) in [6.45, 7) is 3.75. The molecule has 1 saturated heterocycles. The molecular weight excluding hydrogens is 286 g/mol. The predicted octanol–water partition coefficient (Wildman–Crippen LogP) is 0.565. The lowest BCUT2D eigenvalue weighted by Crippen LogP contribution is -2.36. The van der Waals surface area contributed by atoms with Crippen LogP contribution in [-0.4, -0.2) is 46.6 Å². The number of aliphatic hydroxyl groups excluding tert-OH is 1. The summed E-state index contributed by atoms with van der Waals surface area (Å²) in [5.74, 6) is -0.00394. The summed E-state index contributed by atoms with van der Waals surface area (Å²) in [6, 6.07) is 7.53. The number of nitrogens with two attached hydrogens (primary N) is 1. The minimum absolute atomic E-state index is 0.00394. The van der Waals surface area contributed by atoms with Gasteiger partial charge in [0.05, 0.1) is 6.10 Å². The van der Waals surface area contributed by atoms with E-state index in [1.54, 1.807) is 0 Å². The number of carbonyl (C=O) groups excluding carboxylic acids is 1. The van der Waals surface area contributed by atoms with E-state index >= 15 is 0 Å². The fourth-order valence-corrected chi connectivity index (χ4v) is 2.76. The maximum atomic E-state index is 11.0. The quantitative estimate of drug-likeness (QED) is 0.693. The standard InChI is InChI=1S/C15H21N3O2S/c1-10(19)17-13-6-7-18(8-13)9-14(20)11-2-4-12(5-3-11)15(16)21/h2-5,13-14,20H,6-9H2,1H3,(H2,16,21)(H,17,19). The Morgan fingerprint density at radius 1 is 1.52 bits per heavy atom. The van der Waals surface area contributed by atoms with Gasteiger partial charge in [0.1, 0.15) is 4.99 Å². The summed E-state index contributed by atoms with van der Waals surface area (Å²) in [7, 11) is 0. The van der Waals surface area contributed by atoms with Crippen molar-refractivity contribution in [1.82, 2.24) is 10.2 Å². The van der Waals surface area contributed by atoms with Gasteiger partial charge in [-0.1, -0.05) is 36.5 Å². The molecular formula is C15H21N3O2S. The van der Waals surface area contributed by atoms with E-state index in [4.69, 9.17) is 18.0 Å². The molecule has 114 valence electrons. The third kappa shape index (κ3) is 4.49. The van der Waals surface area contributed by atoms with E-state index < -0.39 is 6.10 Å². The number of hydrogen-bond acceptors (Lipinski definition) is 4. The van der Waals surface area contributed by atoms with Crippen LogP contribution in [0, 0.1) is 0 Å². The Labute approximate surface area is 130 Å². The first-order chi connectivity index (χ1) is 9.95. The molecule has 1 aliphatic rings. The molecule has 2 rings (SSSR count). The highest BCUT2D eigenvalue weighted by Crippen LogP contribution is 2.18. The first-order valence-corrected chi connectivity index (χ1v) is 7.44. The zero-order chi connectivity index (χ0) is 15.4. The smallest absolute Gasteiger partial charge is 0.217 e. The summed E-state index contributed by atoms with van der Waals surface area (Å²) >= 11 is 4.91. The Bertz CT molecular complexity index is 518. The molecule has 4 N–H and O–H groups in total. The van der Waals surface area contributed by atoms with Crippen molar-refractivity contribution in [2.45, 2.75) is 25.5 Å². The van der Waals surface area contributed by atoms with E-state index in [0.717, 1.165) is 30.6 Å². The topological polar surface area (TPSA) is 78.6 Å². The van der Waals surface area contributed by atoms with Gasteiger partial charge in [0.25, 0.3) is 0 Å². The molecule has 2 unspecified atom stereocenters. The normalized spacial score (nSPS) is 20.2. The van der Waals surface area contributed by atoms with Crippen LogP contribution in [0.2, 0.25) is 0 Å². The Balaban J connectivity index is 1.88. The minimum atomic E-state index is -0.554. The fourth-order valence-electron chi connectivity index (χ4n) is 2.62. The number of rotatable bonds is 5. The van der Waals surface area contributed by atoms with E-state index in [-0.39, 0.29) is 11.9 Å². The van der Waals surface area contributed by atoms with E-state index in [2.05, 4.69) is 10.2 Å². The molecule has 0 bridgehead atoms. The molecule has 5 nitrogen and oxygen atoms in total. The van der Waals surface area contributed by atoms with E-state index in [0.29, 0.717) is 11.5 Å². The van der Waals surface area contributed by atoms with Gasteiger partial charge in [-0.05, 0) is 12.0 Å². The second-order valence-corrected chi connectivity index (χ2v) is 5.89. The van der Waals surface area contributed by atoms with E-state index in [1.165, 1.54) is 6.92 Å². The van der Waals surface area contributed by atoms with E-state index in [9.17, 15) is 9.90 Å². The number of nitrogens with one attached hydrogen (secondary N) is 1. The van der Waals surface area contributed by atoms with E-state index in [1.807, 2.05) is 24.3 Å². The average Bonchev–Trinajstić information content (AvgIpc) is 2.85. The SMILES string of the molecule is CC(=O)NC1CCN(CC(O)c2ccc(C(N)=S)cc2)C1. The molecule has 0 aliphatic carbocycles. The van der Waals surface area contributed by atoms with Crippen LogP contribution < -0.4 is 11.1 Å². The van der Waals surface area contributed by atoms with Crippen molar-refractivity contribution in [3.05, 3.63) is 35.4 Å². The van der Waals surface area contributed by atoms with Crippen molar-refractivity contribution in [2.24, 2.45) is 5.73 Å². The lowest BCUT2D eigenvalue weighted by molar-refractivity contribution is -0.119. The maximum Gasteiger partial charge on any atom is 0.217 e. The van der Waals surface area contributed by atoms with Gasteiger partial charge in [0.2, 0.25) is 5.91 Å². The second kappa shape index (κ2) is 6.98. The number of amides is 1. The predicted molar refractivity (Wildman–Crippen MR) is 86.0 cm³/mol. The number of aliphatic hydroxyl groups is 1. The highest BCUT2D eigenvalue weighted by molar-refractivity contribution is 7.80. The maximum absolute atomic E-state index is 11.0. The number of β-amino-alcohol motifs (C(OH)–C–C–N with tert-alkyl or cyclic N) is 1. The van der Waals surface area contributed by atoms with Gasteiger partial charge >= 0.3 is 0 Å². The van der Waals surface area contributed by atoms with Crippen molar-refractivity contribution >= 4 is 23.1 Å². The minimum Gasteiger partial charge on any atom is -0.389 e. The van der Waals surface area contributed by atoms with Crippen molar-refractivity contribution in [3.63, 3.8) is 0 Å². The first kappa shape index (κ1) is 15.9. The Hall–Kier alpha value is -1.50. The average molecular weight is 307 g/mol. The molecule has 1 fully saturated rings. The van der Waals surface area contributed by atoms with Gasteiger partial charge in [-0.2, -0.15) is 0 Å². The molecule has 0 saturated carbocycles. The zero-order valence-electron chi connectivity index (χ0n) is 12.1.